The standard InChI is InChI=1S/C20H36N2O5.2Na.3H2O/c1-2-3-4-5-6-7-8-9-10-11-18-21-12-13-22(18,16-19(23)24)14-15-27-17-20(25)26;;;;;/h2-17H2,1H3,(H-,23,24,25,26);;;3*1H2/q;2*+1;;;/p-1. The molecule has 1 rings (SSSR count). The molecule has 1 heterocycles. The number of carboxylic acids is 2. The van der Waals surface area contributed by atoms with E-state index in [0.29, 0.717) is 11.0 Å². The maximum absolute atomic E-state index is 11.4. The molecule has 0 saturated carbocycles. The van der Waals surface area contributed by atoms with Crippen LogP contribution in [0.25, 0.3) is 0 Å². The molecule has 12 heteroatoms. The molecule has 0 radical (unpaired) electrons. The van der Waals surface area contributed by atoms with Gasteiger partial charge in [0.05, 0.1) is 13.0 Å². The number of hydrogen-bond donors (Lipinski definition) is 3. The van der Waals surface area contributed by atoms with Crippen molar-refractivity contribution >= 4 is 17.8 Å². The van der Waals surface area contributed by atoms with E-state index < -0.39 is 11.9 Å². The second kappa shape index (κ2) is 26.0. The smallest absolute Gasteiger partial charge is 0.870 e. The summed E-state index contributed by atoms with van der Waals surface area (Å²) < 4.78 is 5.53. The molecular weight excluding hydrogens is 442 g/mol. The van der Waals surface area contributed by atoms with Gasteiger partial charge in [-0.2, -0.15) is 4.99 Å². The van der Waals surface area contributed by atoms with Crippen LogP contribution in [0.15, 0.2) is 0 Å². The SMILES string of the molecule is CCCCCCCCCCCC1=[NH+]CC[N+]1(CCOCC(=O)O)CC(=O)O.[Na+].[Na+].[OH-].[OH-].[OH-]. The molecule has 1 aliphatic heterocycles. The molecule has 1 unspecified atom stereocenters. The third kappa shape index (κ3) is 18.8. The maximum Gasteiger partial charge on any atom is 1.00 e. The first kappa shape index (κ1) is 42.6. The first-order valence-corrected chi connectivity index (χ1v) is 10.5. The van der Waals surface area contributed by atoms with Crippen molar-refractivity contribution in [1.82, 2.24) is 0 Å². The van der Waals surface area contributed by atoms with Crippen molar-refractivity contribution in [3.05, 3.63) is 0 Å². The van der Waals surface area contributed by atoms with Gasteiger partial charge in [0.15, 0.2) is 13.1 Å². The van der Waals surface area contributed by atoms with E-state index in [9.17, 15) is 14.7 Å². The first-order valence-electron chi connectivity index (χ1n) is 10.5. The number of amidine groups is 1. The number of ether oxygens (including phenoxy) is 1. The van der Waals surface area contributed by atoms with Crippen LogP contribution in [0.3, 0.4) is 0 Å². The molecule has 180 valence electrons. The first-order chi connectivity index (χ1) is 13.0. The van der Waals surface area contributed by atoms with Crippen LogP contribution in [0.2, 0.25) is 0 Å². The van der Waals surface area contributed by atoms with E-state index >= 15 is 0 Å². The number of hydrogen-bond acceptors (Lipinski definition) is 6. The zero-order valence-corrected chi connectivity index (χ0v) is 24.2. The van der Waals surface area contributed by atoms with Crippen LogP contribution in [0.4, 0.5) is 0 Å². The topological polar surface area (TPSA) is 188 Å². The van der Waals surface area contributed by atoms with Crippen molar-refractivity contribution in [3.63, 3.8) is 0 Å². The number of nitrogens with zero attached hydrogens (tertiary/aromatic N) is 1. The van der Waals surface area contributed by atoms with Gasteiger partial charge in [-0.25, -0.2) is 14.1 Å². The van der Waals surface area contributed by atoms with E-state index in [1.807, 2.05) is 0 Å². The fourth-order valence-electron chi connectivity index (χ4n) is 3.80. The van der Waals surface area contributed by atoms with E-state index in [0.717, 1.165) is 31.8 Å². The molecule has 0 aromatic carbocycles. The number of carbonyl (C=O) groups is 2. The molecule has 0 amide bonds. The summed E-state index contributed by atoms with van der Waals surface area (Å²) in [4.78, 5) is 25.3. The molecule has 0 aliphatic carbocycles. The van der Waals surface area contributed by atoms with Crippen molar-refractivity contribution < 1.29 is 110 Å². The van der Waals surface area contributed by atoms with Crippen LogP contribution >= 0.6 is 0 Å². The molecule has 0 spiro atoms. The summed E-state index contributed by atoms with van der Waals surface area (Å²) in [6.07, 6.45) is 12.2. The average Bonchev–Trinajstić information content (AvgIpc) is 2.99. The van der Waals surface area contributed by atoms with Crippen molar-refractivity contribution in [3.8, 4) is 0 Å². The van der Waals surface area contributed by atoms with E-state index in [1.165, 1.54) is 51.4 Å². The summed E-state index contributed by atoms with van der Waals surface area (Å²) in [5.41, 5.74) is 0. The Morgan fingerprint density at radius 2 is 1.44 bits per heavy atom. The van der Waals surface area contributed by atoms with Crippen molar-refractivity contribution in [2.75, 3.05) is 39.4 Å². The van der Waals surface area contributed by atoms with E-state index in [1.54, 1.807) is 0 Å². The summed E-state index contributed by atoms with van der Waals surface area (Å²) in [6.45, 7) is 4.15. The third-order valence-corrected chi connectivity index (χ3v) is 5.29. The molecule has 0 bridgehead atoms. The largest absolute Gasteiger partial charge is 1.00 e. The zero-order chi connectivity index (χ0) is 20.0. The zero-order valence-electron chi connectivity index (χ0n) is 20.2. The molecule has 0 aromatic rings. The van der Waals surface area contributed by atoms with Crippen LogP contribution in [-0.2, 0) is 14.3 Å². The van der Waals surface area contributed by atoms with Gasteiger partial charge < -0.3 is 31.4 Å². The minimum absolute atomic E-state index is 0. The van der Waals surface area contributed by atoms with Gasteiger partial charge >= 0.3 is 76.9 Å². The van der Waals surface area contributed by atoms with Gasteiger partial charge in [-0.15, -0.1) is 0 Å². The number of nitrogens with one attached hydrogen (secondary N) is 1. The number of unbranched alkanes of at least 4 members (excludes halogenated alkanes) is 8. The molecule has 32 heavy (non-hydrogen) atoms. The van der Waals surface area contributed by atoms with Gasteiger partial charge in [0, 0.05) is 0 Å². The van der Waals surface area contributed by atoms with Gasteiger partial charge in [0.1, 0.15) is 19.7 Å². The van der Waals surface area contributed by atoms with Gasteiger partial charge in [0.25, 0.3) is 0 Å². The van der Waals surface area contributed by atoms with E-state index in [-0.39, 0.29) is 95.3 Å². The molecule has 6 N–H and O–H groups in total. The minimum Gasteiger partial charge on any atom is -0.870 e. The van der Waals surface area contributed by atoms with Gasteiger partial charge in [-0.3, -0.25) is 0 Å². The van der Waals surface area contributed by atoms with Crippen LogP contribution in [0, 0.1) is 0 Å². The van der Waals surface area contributed by atoms with E-state index in [2.05, 4.69) is 11.9 Å². The molecule has 0 fully saturated rings. The predicted octanol–water partition coefficient (Wildman–Crippen LogP) is -5.12. The average molecular weight is 484 g/mol. The Morgan fingerprint density at radius 3 is 1.94 bits per heavy atom. The Morgan fingerprint density at radius 1 is 0.906 bits per heavy atom. The summed E-state index contributed by atoms with van der Waals surface area (Å²) in [5.74, 6) is -0.765. The number of quaternary nitrogens is 1. The summed E-state index contributed by atoms with van der Waals surface area (Å²) >= 11 is 0. The summed E-state index contributed by atoms with van der Waals surface area (Å²) in [6, 6.07) is 0. The van der Waals surface area contributed by atoms with Gasteiger partial charge in [-0.05, 0) is 6.42 Å². The third-order valence-electron chi connectivity index (χ3n) is 5.29. The summed E-state index contributed by atoms with van der Waals surface area (Å²) in [5, 5.41) is 18.0. The van der Waals surface area contributed by atoms with Crippen LogP contribution < -0.4 is 64.1 Å². The number of aliphatic carboxylic acids is 2. The van der Waals surface area contributed by atoms with Crippen LogP contribution in [0.5, 0.6) is 0 Å². The molecular formula is C20H41N2Na2O8+. The van der Waals surface area contributed by atoms with Gasteiger partial charge in [-0.1, -0.05) is 58.3 Å². The van der Waals surface area contributed by atoms with Gasteiger partial charge in [0.2, 0.25) is 0 Å². The van der Waals surface area contributed by atoms with Crippen LogP contribution in [0.1, 0.15) is 71.1 Å². The molecule has 10 nitrogen and oxygen atoms in total. The van der Waals surface area contributed by atoms with Crippen molar-refractivity contribution in [2.24, 2.45) is 0 Å². The quantitative estimate of drug-likeness (QED) is 0.104. The minimum atomic E-state index is -1.00. The summed E-state index contributed by atoms with van der Waals surface area (Å²) in [7, 11) is 0. The Hall–Kier alpha value is 0.410. The normalized spacial score (nSPS) is 16.2. The molecule has 0 saturated heterocycles. The second-order valence-electron chi connectivity index (χ2n) is 7.54. The number of carboxylic acid groups (broad SMARTS) is 2. The Kier molecular flexibility index (Phi) is 34.6. The van der Waals surface area contributed by atoms with Crippen molar-refractivity contribution in [1.29, 1.82) is 0 Å². The van der Waals surface area contributed by atoms with E-state index in [4.69, 9.17) is 9.84 Å². The second-order valence-corrected chi connectivity index (χ2v) is 7.54. The fourth-order valence-corrected chi connectivity index (χ4v) is 3.80. The van der Waals surface area contributed by atoms with Crippen molar-refractivity contribution in [2.45, 2.75) is 71.1 Å². The maximum atomic E-state index is 11.4. The molecule has 0 aromatic heterocycles. The predicted molar refractivity (Wildman–Crippen MR) is 109 cm³/mol. The number of rotatable bonds is 17. The van der Waals surface area contributed by atoms with Crippen LogP contribution in [-0.4, -0.2) is 88.3 Å². The Bertz CT molecular complexity index is 498. The Labute approximate surface area is 236 Å². The Balaban J connectivity index is -0.000000486. The fraction of sp³-hybridized carbons (Fsp3) is 0.850. The molecule has 1 atom stereocenters. The molecule has 1 aliphatic rings. The monoisotopic (exact) mass is 483 g/mol.